The molecule has 0 aliphatic rings. The predicted molar refractivity (Wildman–Crippen MR) is 58.2 cm³/mol. The Morgan fingerprint density at radius 3 is 2.50 bits per heavy atom. The molecule has 0 saturated heterocycles. The number of aromatic hydroxyl groups is 1. The maximum Gasteiger partial charge on any atom is 0.120 e. The van der Waals surface area contributed by atoms with Gasteiger partial charge in [0, 0.05) is 24.2 Å². The van der Waals surface area contributed by atoms with E-state index < -0.39 is 0 Å². The van der Waals surface area contributed by atoms with Crippen LogP contribution in [0.5, 0.6) is 5.75 Å². The van der Waals surface area contributed by atoms with E-state index in [-0.39, 0.29) is 6.04 Å². The maximum atomic E-state index is 9.63. The summed E-state index contributed by atoms with van der Waals surface area (Å²) in [5.41, 5.74) is 6.51. The molecule has 0 saturated carbocycles. The maximum absolute atomic E-state index is 9.63. The van der Waals surface area contributed by atoms with Crippen LogP contribution in [0.4, 0.5) is 0 Å². The molecule has 3 heteroatoms. The smallest absolute Gasteiger partial charge is 0.120 e. The minimum absolute atomic E-state index is 0.0243. The fourth-order valence-corrected chi connectivity index (χ4v) is 1.47. The monoisotopic (exact) mass is 194 g/mol. The first-order valence-electron chi connectivity index (χ1n) is 4.89. The number of para-hydroxylation sites is 1. The van der Waals surface area contributed by atoms with Gasteiger partial charge in [0.25, 0.3) is 0 Å². The highest BCUT2D eigenvalue weighted by Gasteiger charge is 2.13. The summed E-state index contributed by atoms with van der Waals surface area (Å²) in [7, 11) is 0. The van der Waals surface area contributed by atoms with Gasteiger partial charge in [0.2, 0.25) is 0 Å². The molecule has 14 heavy (non-hydrogen) atoms. The van der Waals surface area contributed by atoms with Crippen molar-refractivity contribution in [2.45, 2.75) is 25.9 Å². The number of phenolic OH excluding ortho intramolecular Hbond substituents is 1. The largest absolute Gasteiger partial charge is 0.508 e. The zero-order chi connectivity index (χ0) is 10.6. The van der Waals surface area contributed by atoms with E-state index >= 15 is 0 Å². The normalized spacial score (nSPS) is 13.1. The molecular formula is C11H18N2O. The fourth-order valence-electron chi connectivity index (χ4n) is 1.47. The molecule has 0 aliphatic heterocycles. The Labute approximate surface area is 84.9 Å². The Bertz CT molecular complexity index is 286. The van der Waals surface area contributed by atoms with E-state index in [1.807, 2.05) is 18.2 Å². The van der Waals surface area contributed by atoms with Crippen LogP contribution in [0.2, 0.25) is 0 Å². The van der Waals surface area contributed by atoms with E-state index in [0.717, 1.165) is 5.56 Å². The van der Waals surface area contributed by atoms with Crippen LogP contribution in [-0.2, 0) is 0 Å². The van der Waals surface area contributed by atoms with Crippen LogP contribution in [0.15, 0.2) is 24.3 Å². The summed E-state index contributed by atoms with van der Waals surface area (Å²) in [6.45, 7) is 4.60. The van der Waals surface area contributed by atoms with Crippen LogP contribution in [-0.4, -0.2) is 17.7 Å². The first-order chi connectivity index (χ1) is 6.65. The Hall–Kier alpha value is -1.06. The SMILES string of the molecule is CC(C)NC(CN)c1ccccc1O. The Balaban J connectivity index is 2.83. The van der Waals surface area contributed by atoms with Crippen LogP contribution in [0.1, 0.15) is 25.5 Å². The van der Waals surface area contributed by atoms with Crippen LogP contribution >= 0.6 is 0 Å². The number of rotatable bonds is 4. The molecule has 0 radical (unpaired) electrons. The number of hydrogen-bond donors (Lipinski definition) is 3. The third kappa shape index (κ3) is 2.72. The van der Waals surface area contributed by atoms with Gasteiger partial charge in [0.15, 0.2) is 0 Å². The third-order valence-electron chi connectivity index (χ3n) is 2.08. The van der Waals surface area contributed by atoms with Crippen molar-refractivity contribution in [1.29, 1.82) is 0 Å². The second kappa shape index (κ2) is 4.98. The van der Waals surface area contributed by atoms with E-state index in [2.05, 4.69) is 19.2 Å². The highest BCUT2D eigenvalue weighted by Crippen LogP contribution is 2.22. The van der Waals surface area contributed by atoms with E-state index in [1.165, 1.54) is 0 Å². The highest BCUT2D eigenvalue weighted by atomic mass is 16.3. The molecule has 0 amide bonds. The summed E-state index contributed by atoms with van der Waals surface area (Å²) >= 11 is 0. The average Bonchev–Trinajstić information content (AvgIpc) is 2.15. The summed E-state index contributed by atoms with van der Waals surface area (Å²) in [6, 6.07) is 7.66. The third-order valence-corrected chi connectivity index (χ3v) is 2.08. The molecule has 0 bridgehead atoms. The van der Waals surface area contributed by atoms with Gasteiger partial charge in [0.05, 0.1) is 0 Å². The van der Waals surface area contributed by atoms with Crippen LogP contribution in [0.25, 0.3) is 0 Å². The fraction of sp³-hybridized carbons (Fsp3) is 0.455. The predicted octanol–water partition coefficient (Wildman–Crippen LogP) is 1.39. The average molecular weight is 194 g/mol. The van der Waals surface area contributed by atoms with Gasteiger partial charge in [-0.3, -0.25) is 0 Å². The first kappa shape index (κ1) is 11.0. The number of benzene rings is 1. The molecule has 0 fully saturated rings. The van der Waals surface area contributed by atoms with Gasteiger partial charge in [-0.2, -0.15) is 0 Å². The molecule has 3 nitrogen and oxygen atoms in total. The van der Waals surface area contributed by atoms with Gasteiger partial charge >= 0.3 is 0 Å². The molecule has 0 heterocycles. The van der Waals surface area contributed by atoms with Gasteiger partial charge in [0.1, 0.15) is 5.75 Å². The summed E-state index contributed by atoms with van der Waals surface area (Å²) in [5.74, 6) is 0.302. The van der Waals surface area contributed by atoms with Crippen molar-refractivity contribution in [3.63, 3.8) is 0 Å². The highest BCUT2D eigenvalue weighted by molar-refractivity contribution is 5.34. The van der Waals surface area contributed by atoms with Crippen LogP contribution < -0.4 is 11.1 Å². The summed E-state index contributed by atoms with van der Waals surface area (Å²) < 4.78 is 0. The van der Waals surface area contributed by atoms with E-state index in [4.69, 9.17) is 5.73 Å². The van der Waals surface area contributed by atoms with E-state index in [1.54, 1.807) is 6.07 Å². The molecule has 1 aromatic carbocycles. The molecule has 4 N–H and O–H groups in total. The number of nitrogens with one attached hydrogen (secondary N) is 1. The van der Waals surface area contributed by atoms with Crippen molar-refractivity contribution in [3.8, 4) is 5.75 Å². The molecule has 1 aromatic rings. The second-order valence-corrected chi connectivity index (χ2v) is 3.67. The molecule has 1 atom stereocenters. The number of phenols is 1. The lowest BCUT2D eigenvalue weighted by molar-refractivity contribution is 0.433. The van der Waals surface area contributed by atoms with Crippen molar-refractivity contribution in [3.05, 3.63) is 29.8 Å². The Morgan fingerprint density at radius 2 is 2.00 bits per heavy atom. The lowest BCUT2D eigenvalue weighted by Gasteiger charge is -2.20. The second-order valence-electron chi connectivity index (χ2n) is 3.67. The zero-order valence-electron chi connectivity index (χ0n) is 8.70. The molecule has 1 unspecified atom stereocenters. The van der Waals surface area contributed by atoms with Crippen molar-refractivity contribution in [2.75, 3.05) is 6.54 Å². The Morgan fingerprint density at radius 1 is 1.36 bits per heavy atom. The van der Waals surface area contributed by atoms with Crippen molar-refractivity contribution < 1.29 is 5.11 Å². The van der Waals surface area contributed by atoms with Gasteiger partial charge < -0.3 is 16.2 Å². The van der Waals surface area contributed by atoms with Gasteiger partial charge in [-0.25, -0.2) is 0 Å². The standard InChI is InChI=1S/C11H18N2O/c1-8(2)13-10(7-12)9-5-3-4-6-11(9)14/h3-6,8,10,13-14H,7,12H2,1-2H3. The minimum atomic E-state index is 0.0243. The first-order valence-corrected chi connectivity index (χ1v) is 4.89. The number of nitrogens with two attached hydrogens (primary N) is 1. The summed E-state index contributed by atoms with van der Waals surface area (Å²) in [6.07, 6.45) is 0. The van der Waals surface area contributed by atoms with Crippen molar-refractivity contribution in [2.24, 2.45) is 5.73 Å². The van der Waals surface area contributed by atoms with Crippen molar-refractivity contribution >= 4 is 0 Å². The van der Waals surface area contributed by atoms with Crippen LogP contribution in [0, 0.1) is 0 Å². The molecule has 0 spiro atoms. The van der Waals surface area contributed by atoms with Crippen LogP contribution in [0.3, 0.4) is 0 Å². The van der Waals surface area contributed by atoms with Gasteiger partial charge in [-0.15, -0.1) is 0 Å². The van der Waals surface area contributed by atoms with E-state index in [0.29, 0.717) is 18.3 Å². The summed E-state index contributed by atoms with van der Waals surface area (Å²) in [4.78, 5) is 0. The lowest BCUT2D eigenvalue weighted by Crippen LogP contribution is -2.33. The quantitative estimate of drug-likeness (QED) is 0.679. The molecule has 0 aliphatic carbocycles. The lowest BCUT2D eigenvalue weighted by atomic mass is 10.1. The van der Waals surface area contributed by atoms with E-state index in [9.17, 15) is 5.11 Å². The summed E-state index contributed by atoms with van der Waals surface area (Å²) in [5, 5.41) is 12.9. The topological polar surface area (TPSA) is 58.3 Å². The zero-order valence-corrected chi connectivity index (χ0v) is 8.70. The van der Waals surface area contributed by atoms with Gasteiger partial charge in [-0.05, 0) is 6.07 Å². The Kier molecular flexibility index (Phi) is 3.92. The van der Waals surface area contributed by atoms with Crippen molar-refractivity contribution in [1.82, 2.24) is 5.32 Å². The molecule has 0 aromatic heterocycles. The molecule has 78 valence electrons. The number of hydrogen-bond acceptors (Lipinski definition) is 3. The molecular weight excluding hydrogens is 176 g/mol. The molecule has 1 rings (SSSR count). The van der Waals surface area contributed by atoms with Gasteiger partial charge in [-0.1, -0.05) is 32.0 Å². The minimum Gasteiger partial charge on any atom is -0.508 e.